The summed E-state index contributed by atoms with van der Waals surface area (Å²) in [6, 6.07) is 0. The van der Waals surface area contributed by atoms with Crippen molar-refractivity contribution < 1.29 is 4.79 Å². The number of rotatable bonds is 4. The van der Waals surface area contributed by atoms with E-state index < -0.39 is 0 Å². The maximum absolute atomic E-state index is 11.2. The lowest BCUT2D eigenvalue weighted by Crippen LogP contribution is -2.00. The van der Waals surface area contributed by atoms with Gasteiger partial charge in [0.25, 0.3) is 0 Å². The van der Waals surface area contributed by atoms with Crippen LogP contribution in [0, 0.1) is 11.8 Å². The molecule has 1 saturated carbocycles. The Balaban J connectivity index is 2.11. The number of hydrogen-bond donors (Lipinski definition) is 0. The molecule has 2 atom stereocenters. The number of Topliss-reactive ketones (excluding diaryl/α,β-unsaturated/α-hetero) is 1. The first-order chi connectivity index (χ1) is 4.75. The monoisotopic (exact) mass is 140 g/mol. The Kier molecular flexibility index (Phi) is 2.47. The lowest BCUT2D eigenvalue weighted by atomic mass is 10.1. The molecule has 1 rings (SSSR count). The molecule has 0 N–H and O–H groups in total. The molecule has 10 heavy (non-hydrogen) atoms. The van der Waals surface area contributed by atoms with E-state index in [4.69, 9.17) is 0 Å². The molecular formula is C9H16O. The zero-order chi connectivity index (χ0) is 7.56. The van der Waals surface area contributed by atoms with Crippen LogP contribution in [0.1, 0.15) is 39.5 Å². The Morgan fingerprint density at radius 3 is 2.60 bits per heavy atom. The van der Waals surface area contributed by atoms with Crippen molar-refractivity contribution in [3.05, 3.63) is 0 Å². The Bertz CT molecular complexity index is 129. The van der Waals surface area contributed by atoms with Gasteiger partial charge in [0.1, 0.15) is 5.78 Å². The standard InChI is InChI=1S/C9H16O/c1-3-4-5-9(10)8-6-7(8)2/h7-8H,3-6H2,1-2H3/t7-,8+/m0/s1. The topological polar surface area (TPSA) is 17.1 Å². The van der Waals surface area contributed by atoms with Crippen molar-refractivity contribution in [3.8, 4) is 0 Å². The molecule has 0 amide bonds. The van der Waals surface area contributed by atoms with Crippen LogP contribution >= 0.6 is 0 Å². The zero-order valence-electron chi connectivity index (χ0n) is 6.89. The minimum absolute atomic E-state index is 0.451. The van der Waals surface area contributed by atoms with Crippen LogP contribution in [0.25, 0.3) is 0 Å². The Morgan fingerprint density at radius 1 is 1.60 bits per heavy atom. The lowest BCUT2D eigenvalue weighted by Gasteiger charge is -1.94. The minimum Gasteiger partial charge on any atom is -0.299 e. The molecule has 0 unspecified atom stereocenters. The normalized spacial score (nSPS) is 30.2. The molecular weight excluding hydrogens is 124 g/mol. The Hall–Kier alpha value is -0.330. The van der Waals surface area contributed by atoms with E-state index in [1.54, 1.807) is 0 Å². The summed E-state index contributed by atoms with van der Waals surface area (Å²) in [6.45, 7) is 4.29. The average Bonchev–Trinajstić information content (AvgIpc) is 2.62. The van der Waals surface area contributed by atoms with Gasteiger partial charge in [-0.1, -0.05) is 20.3 Å². The highest BCUT2D eigenvalue weighted by Crippen LogP contribution is 2.39. The molecule has 0 saturated heterocycles. The largest absolute Gasteiger partial charge is 0.299 e. The number of carbonyl (C=O) groups is 1. The van der Waals surface area contributed by atoms with Gasteiger partial charge in [0.05, 0.1) is 0 Å². The van der Waals surface area contributed by atoms with Crippen LogP contribution < -0.4 is 0 Å². The molecule has 0 aromatic carbocycles. The van der Waals surface area contributed by atoms with E-state index in [1.165, 1.54) is 0 Å². The summed E-state index contributed by atoms with van der Waals surface area (Å²) in [4.78, 5) is 11.2. The number of ketones is 1. The van der Waals surface area contributed by atoms with Crippen LogP contribution in [0.5, 0.6) is 0 Å². The summed E-state index contributed by atoms with van der Waals surface area (Å²) < 4.78 is 0. The number of carbonyl (C=O) groups excluding carboxylic acids is 1. The van der Waals surface area contributed by atoms with Crippen LogP contribution in [0.2, 0.25) is 0 Å². The van der Waals surface area contributed by atoms with Gasteiger partial charge < -0.3 is 0 Å². The fourth-order valence-electron chi connectivity index (χ4n) is 1.31. The minimum atomic E-state index is 0.451. The van der Waals surface area contributed by atoms with E-state index in [0.717, 1.165) is 25.7 Å². The molecule has 58 valence electrons. The molecule has 0 spiro atoms. The van der Waals surface area contributed by atoms with Gasteiger partial charge in [0.2, 0.25) is 0 Å². The molecule has 1 aliphatic rings. The third-order valence-electron chi connectivity index (χ3n) is 2.30. The quantitative estimate of drug-likeness (QED) is 0.586. The van der Waals surface area contributed by atoms with E-state index in [1.807, 2.05) is 0 Å². The zero-order valence-corrected chi connectivity index (χ0v) is 6.89. The first kappa shape index (κ1) is 7.77. The number of unbranched alkanes of at least 4 members (excludes halogenated alkanes) is 1. The van der Waals surface area contributed by atoms with E-state index in [9.17, 15) is 4.79 Å². The van der Waals surface area contributed by atoms with Gasteiger partial charge in [-0.2, -0.15) is 0 Å². The first-order valence-electron chi connectivity index (χ1n) is 4.28. The average molecular weight is 140 g/mol. The van der Waals surface area contributed by atoms with Crippen LogP contribution in [0.15, 0.2) is 0 Å². The predicted octanol–water partition coefficient (Wildman–Crippen LogP) is 2.40. The SMILES string of the molecule is CCCCC(=O)[C@@H]1C[C@@H]1C. The maximum Gasteiger partial charge on any atom is 0.136 e. The maximum atomic E-state index is 11.2. The number of hydrogen-bond acceptors (Lipinski definition) is 1. The predicted molar refractivity (Wildman–Crippen MR) is 41.8 cm³/mol. The second-order valence-electron chi connectivity index (χ2n) is 3.39. The summed E-state index contributed by atoms with van der Waals surface area (Å²) in [7, 11) is 0. The molecule has 1 fully saturated rings. The van der Waals surface area contributed by atoms with Gasteiger partial charge >= 0.3 is 0 Å². The fraction of sp³-hybridized carbons (Fsp3) is 0.889. The molecule has 1 heteroatoms. The highest BCUT2D eigenvalue weighted by molar-refractivity contribution is 5.83. The van der Waals surface area contributed by atoms with Crippen LogP contribution in [-0.2, 0) is 4.79 Å². The van der Waals surface area contributed by atoms with Gasteiger partial charge in [-0.25, -0.2) is 0 Å². The summed E-state index contributed by atoms with van der Waals surface area (Å²) >= 11 is 0. The van der Waals surface area contributed by atoms with Crippen molar-refractivity contribution in [2.75, 3.05) is 0 Å². The van der Waals surface area contributed by atoms with Crippen LogP contribution in [0.3, 0.4) is 0 Å². The molecule has 0 aromatic rings. The lowest BCUT2D eigenvalue weighted by molar-refractivity contribution is -0.120. The second-order valence-corrected chi connectivity index (χ2v) is 3.39. The molecule has 0 bridgehead atoms. The van der Waals surface area contributed by atoms with Crippen molar-refractivity contribution >= 4 is 5.78 Å². The highest BCUT2D eigenvalue weighted by atomic mass is 16.1. The second kappa shape index (κ2) is 3.18. The van der Waals surface area contributed by atoms with Crippen molar-refractivity contribution in [1.29, 1.82) is 0 Å². The highest BCUT2D eigenvalue weighted by Gasteiger charge is 2.37. The summed E-state index contributed by atoms with van der Waals surface area (Å²) in [6.07, 6.45) is 4.21. The van der Waals surface area contributed by atoms with Crippen LogP contribution in [-0.4, -0.2) is 5.78 Å². The Morgan fingerprint density at radius 2 is 2.20 bits per heavy atom. The Labute approximate surface area is 62.8 Å². The molecule has 0 radical (unpaired) electrons. The van der Waals surface area contributed by atoms with E-state index in [0.29, 0.717) is 17.6 Å². The summed E-state index contributed by atoms with van der Waals surface area (Å²) in [5, 5.41) is 0. The molecule has 0 aliphatic heterocycles. The third kappa shape index (κ3) is 1.83. The van der Waals surface area contributed by atoms with E-state index in [-0.39, 0.29) is 0 Å². The molecule has 1 aliphatic carbocycles. The molecule has 0 heterocycles. The third-order valence-corrected chi connectivity index (χ3v) is 2.30. The van der Waals surface area contributed by atoms with E-state index >= 15 is 0 Å². The molecule has 1 nitrogen and oxygen atoms in total. The van der Waals surface area contributed by atoms with Gasteiger partial charge in [0, 0.05) is 12.3 Å². The van der Waals surface area contributed by atoms with Crippen molar-refractivity contribution in [2.24, 2.45) is 11.8 Å². The molecule has 0 aromatic heterocycles. The van der Waals surface area contributed by atoms with Crippen molar-refractivity contribution in [1.82, 2.24) is 0 Å². The van der Waals surface area contributed by atoms with Crippen molar-refractivity contribution in [2.45, 2.75) is 39.5 Å². The smallest absolute Gasteiger partial charge is 0.136 e. The summed E-state index contributed by atoms with van der Waals surface area (Å²) in [5.41, 5.74) is 0. The van der Waals surface area contributed by atoms with Crippen molar-refractivity contribution in [3.63, 3.8) is 0 Å². The van der Waals surface area contributed by atoms with Gasteiger partial charge in [-0.15, -0.1) is 0 Å². The van der Waals surface area contributed by atoms with E-state index in [2.05, 4.69) is 13.8 Å². The van der Waals surface area contributed by atoms with Crippen LogP contribution in [0.4, 0.5) is 0 Å². The summed E-state index contributed by atoms with van der Waals surface area (Å²) in [5.74, 6) is 1.66. The van der Waals surface area contributed by atoms with Gasteiger partial charge in [-0.3, -0.25) is 4.79 Å². The van der Waals surface area contributed by atoms with Gasteiger partial charge in [-0.05, 0) is 18.8 Å². The first-order valence-corrected chi connectivity index (χ1v) is 4.28. The fourth-order valence-corrected chi connectivity index (χ4v) is 1.31. The van der Waals surface area contributed by atoms with Gasteiger partial charge in [0.15, 0.2) is 0 Å².